The second kappa shape index (κ2) is 8.01. The highest BCUT2D eigenvalue weighted by Crippen LogP contribution is 2.22. The number of aromatic nitrogens is 3. The Bertz CT molecular complexity index is 1030. The molecule has 0 fully saturated rings. The van der Waals surface area contributed by atoms with Crippen molar-refractivity contribution in [1.82, 2.24) is 15.0 Å². The van der Waals surface area contributed by atoms with E-state index >= 15 is 0 Å². The zero-order valence-electron chi connectivity index (χ0n) is 14.8. The van der Waals surface area contributed by atoms with Crippen LogP contribution in [-0.2, 0) is 9.53 Å². The van der Waals surface area contributed by atoms with Gasteiger partial charge >= 0.3 is 5.97 Å². The number of carbonyl (C=O) groups excluding carboxylic acids is 1. The van der Waals surface area contributed by atoms with Gasteiger partial charge in [0.15, 0.2) is 0 Å². The Morgan fingerprint density at radius 3 is 2.70 bits per heavy atom. The maximum atomic E-state index is 11.8. The smallest absolute Gasteiger partial charge is 0.343 e. The highest BCUT2D eigenvalue weighted by atomic mass is 35.5. The number of allylic oxidation sites excluding steroid dienone is 1. The van der Waals surface area contributed by atoms with Gasteiger partial charge in [-0.15, -0.1) is 5.10 Å². The first-order valence-electron chi connectivity index (χ1n) is 8.22. The normalized spacial score (nSPS) is 12.4. The van der Waals surface area contributed by atoms with Gasteiger partial charge in [-0.1, -0.05) is 16.8 Å². The van der Waals surface area contributed by atoms with Crippen LogP contribution < -0.4 is 0 Å². The molecule has 1 N–H and O–H groups in total. The summed E-state index contributed by atoms with van der Waals surface area (Å²) in [5, 5.41) is 18.6. The van der Waals surface area contributed by atoms with Gasteiger partial charge in [-0.3, -0.25) is 4.99 Å². The molecular formula is C19H17ClN4O3. The number of esters is 1. The lowest BCUT2D eigenvalue weighted by atomic mass is 10.2. The largest absolute Gasteiger partial charge is 0.512 e. The number of rotatable bonds is 5. The Labute approximate surface area is 160 Å². The Kier molecular flexibility index (Phi) is 5.52. The number of aliphatic imine (C=N–C) groups is 1. The summed E-state index contributed by atoms with van der Waals surface area (Å²) in [6.45, 7) is 3.31. The summed E-state index contributed by atoms with van der Waals surface area (Å²) in [5.74, 6) is -0.789. The number of aliphatic hydroxyl groups is 1. The maximum Gasteiger partial charge on any atom is 0.343 e. The summed E-state index contributed by atoms with van der Waals surface area (Å²) in [6.07, 6.45) is 1.28. The molecule has 3 rings (SSSR count). The fraction of sp³-hybridized carbons (Fsp3) is 0.158. The first-order chi connectivity index (χ1) is 13.0. The number of ether oxygens (including phenoxy) is 1. The minimum Gasteiger partial charge on any atom is -0.512 e. The summed E-state index contributed by atoms with van der Waals surface area (Å²) in [5.41, 5.74) is 2.84. The van der Waals surface area contributed by atoms with Crippen LogP contribution in [0.15, 0.2) is 58.8 Å². The molecule has 0 spiro atoms. The zero-order valence-corrected chi connectivity index (χ0v) is 15.5. The monoisotopic (exact) mass is 384 g/mol. The van der Waals surface area contributed by atoms with E-state index in [9.17, 15) is 9.90 Å². The summed E-state index contributed by atoms with van der Waals surface area (Å²) >= 11 is 5.92. The SMILES string of the molecule is CCOC(=O)C(C=Nc1ccc2c(c1)nnn2-c1ccc(Cl)cc1)=C(C)O. The molecule has 27 heavy (non-hydrogen) atoms. The molecule has 0 aliphatic carbocycles. The lowest BCUT2D eigenvalue weighted by molar-refractivity contribution is -0.138. The lowest BCUT2D eigenvalue weighted by Gasteiger charge is -2.03. The van der Waals surface area contributed by atoms with Crippen molar-refractivity contribution in [2.75, 3.05) is 6.61 Å². The van der Waals surface area contributed by atoms with Crippen molar-refractivity contribution < 1.29 is 14.6 Å². The summed E-state index contributed by atoms with van der Waals surface area (Å²) in [7, 11) is 0. The molecule has 138 valence electrons. The molecule has 0 aliphatic heterocycles. The van der Waals surface area contributed by atoms with Crippen LogP contribution in [0.2, 0.25) is 5.02 Å². The minimum absolute atomic E-state index is 0.00163. The number of hydrogen-bond acceptors (Lipinski definition) is 6. The molecule has 7 nitrogen and oxygen atoms in total. The van der Waals surface area contributed by atoms with Gasteiger partial charge in [-0.25, -0.2) is 9.48 Å². The molecule has 0 aliphatic rings. The molecule has 0 radical (unpaired) electrons. The Morgan fingerprint density at radius 2 is 2.04 bits per heavy atom. The third-order valence-corrected chi connectivity index (χ3v) is 3.98. The van der Waals surface area contributed by atoms with E-state index in [2.05, 4.69) is 15.3 Å². The predicted octanol–water partition coefficient (Wildman–Crippen LogP) is 4.17. The van der Waals surface area contributed by atoms with E-state index in [4.69, 9.17) is 16.3 Å². The van der Waals surface area contributed by atoms with Crippen LogP contribution in [0.25, 0.3) is 16.7 Å². The third-order valence-electron chi connectivity index (χ3n) is 3.73. The minimum atomic E-state index is -0.629. The summed E-state index contributed by atoms with van der Waals surface area (Å²) < 4.78 is 6.60. The van der Waals surface area contributed by atoms with Crippen molar-refractivity contribution in [2.45, 2.75) is 13.8 Å². The number of fused-ring (bicyclic) bond motifs is 1. The number of hydrogen-bond donors (Lipinski definition) is 1. The van der Waals surface area contributed by atoms with Gasteiger partial charge in [0.25, 0.3) is 0 Å². The van der Waals surface area contributed by atoms with Gasteiger partial charge < -0.3 is 9.84 Å². The topological polar surface area (TPSA) is 89.6 Å². The van der Waals surface area contributed by atoms with E-state index in [1.807, 2.05) is 18.2 Å². The van der Waals surface area contributed by atoms with Gasteiger partial charge in [0, 0.05) is 11.2 Å². The first kappa shape index (κ1) is 18.6. The highest BCUT2D eigenvalue weighted by molar-refractivity contribution is 6.30. The van der Waals surface area contributed by atoms with Crippen molar-refractivity contribution in [2.24, 2.45) is 4.99 Å². The van der Waals surface area contributed by atoms with Crippen molar-refractivity contribution in [3.8, 4) is 5.69 Å². The molecule has 0 bridgehead atoms. The molecule has 0 saturated heterocycles. The Morgan fingerprint density at radius 1 is 1.30 bits per heavy atom. The Hall–Kier alpha value is -3.19. The molecule has 0 unspecified atom stereocenters. The van der Waals surface area contributed by atoms with Crippen molar-refractivity contribution in [3.63, 3.8) is 0 Å². The van der Waals surface area contributed by atoms with Crippen LogP contribution in [0.4, 0.5) is 5.69 Å². The average molecular weight is 385 g/mol. The molecule has 1 heterocycles. The standard InChI is InChI=1S/C19H17ClN4O3/c1-3-27-19(26)16(12(2)25)11-21-14-6-9-18-17(10-14)22-23-24(18)15-7-4-13(20)5-8-15/h4-11,25H,3H2,1-2H3. The van der Waals surface area contributed by atoms with Crippen LogP contribution in [0.5, 0.6) is 0 Å². The molecule has 3 aromatic rings. The second-order valence-corrected chi connectivity index (χ2v) is 6.06. The van der Waals surface area contributed by atoms with Gasteiger partial charge in [0.1, 0.15) is 16.8 Å². The molecule has 0 atom stereocenters. The van der Waals surface area contributed by atoms with Gasteiger partial charge in [-0.05, 0) is 56.3 Å². The van der Waals surface area contributed by atoms with Crippen LogP contribution >= 0.6 is 11.6 Å². The van der Waals surface area contributed by atoms with E-state index in [1.54, 1.807) is 35.9 Å². The number of aliphatic hydroxyl groups excluding tert-OH is 1. The molecule has 0 amide bonds. The maximum absolute atomic E-state index is 11.8. The molecular weight excluding hydrogens is 368 g/mol. The third kappa shape index (κ3) is 4.15. The van der Waals surface area contributed by atoms with E-state index in [0.717, 1.165) is 11.2 Å². The zero-order chi connectivity index (χ0) is 19.4. The van der Waals surface area contributed by atoms with E-state index in [-0.39, 0.29) is 17.9 Å². The molecule has 0 saturated carbocycles. The van der Waals surface area contributed by atoms with E-state index < -0.39 is 5.97 Å². The predicted molar refractivity (Wildman–Crippen MR) is 104 cm³/mol. The second-order valence-electron chi connectivity index (χ2n) is 5.63. The number of nitrogens with zero attached hydrogens (tertiary/aromatic N) is 4. The quantitative estimate of drug-likeness (QED) is 0.308. The molecule has 8 heteroatoms. The molecule has 2 aromatic carbocycles. The van der Waals surface area contributed by atoms with Crippen LogP contribution in [-0.4, -0.2) is 38.9 Å². The van der Waals surface area contributed by atoms with E-state index in [0.29, 0.717) is 16.2 Å². The fourth-order valence-corrected chi connectivity index (χ4v) is 2.53. The van der Waals surface area contributed by atoms with E-state index in [1.165, 1.54) is 13.1 Å². The van der Waals surface area contributed by atoms with Crippen LogP contribution in [0.1, 0.15) is 13.8 Å². The van der Waals surface area contributed by atoms with Crippen molar-refractivity contribution in [3.05, 3.63) is 58.8 Å². The van der Waals surface area contributed by atoms with Crippen molar-refractivity contribution >= 4 is 40.5 Å². The van der Waals surface area contributed by atoms with Crippen LogP contribution in [0, 0.1) is 0 Å². The summed E-state index contributed by atoms with van der Waals surface area (Å²) in [6, 6.07) is 12.6. The Balaban J connectivity index is 1.90. The highest BCUT2D eigenvalue weighted by Gasteiger charge is 2.12. The lowest BCUT2D eigenvalue weighted by Crippen LogP contribution is -2.10. The summed E-state index contributed by atoms with van der Waals surface area (Å²) in [4.78, 5) is 16.1. The number of halogens is 1. The van der Waals surface area contributed by atoms with Crippen molar-refractivity contribution in [1.29, 1.82) is 0 Å². The number of benzene rings is 2. The first-order valence-corrected chi connectivity index (χ1v) is 8.60. The average Bonchev–Trinajstić information content (AvgIpc) is 3.06. The van der Waals surface area contributed by atoms with Gasteiger partial charge in [-0.2, -0.15) is 0 Å². The molecule has 1 aromatic heterocycles. The fourth-order valence-electron chi connectivity index (χ4n) is 2.41. The van der Waals surface area contributed by atoms with Gasteiger partial charge in [0.05, 0.1) is 23.5 Å². The van der Waals surface area contributed by atoms with Crippen LogP contribution in [0.3, 0.4) is 0 Å². The number of carbonyl (C=O) groups is 1. The van der Waals surface area contributed by atoms with Gasteiger partial charge in [0.2, 0.25) is 0 Å².